The third-order valence-corrected chi connectivity index (χ3v) is 18.4. The summed E-state index contributed by atoms with van der Waals surface area (Å²) >= 11 is 0. The summed E-state index contributed by atoms with van der Waals surface area (Å²) < 4.78 is 2.45. The number of nitrogens with zero attached hydrogens (tertiary/aromatic N) is 4. The van der Waals surface area contributed by atoms with Crippen molar-refractivity contribution in [3.8, 4) is 50.5 Å². The topological polar surface area (TPSA) is 34.0 Å². The van der Waals surface area contributed by atoms with E-state index in [-0.39, 0.29) is 28.2 Å². The van der Waals surface area contributed by atoms with Crippen molar-refractivity contribution in [1.29, 1.82) is 0 Å². The predicted octanol–water partition coefficient (Wildman–Crippen LogP) is 18.0. The van der Waals surface area contributed by atoms with Crippen LogP contribution in [0.4, 0.5) is 11.6 Å². The smallest absolute Gasteiger partial charge is 0.231 e. The van der Waals surface area contributed by atoms with Crippen LogP contribution in [0.25, 0.3) is 72.3 Å². The minimum absolute atomic E-state index is 0.0204. The number of benzene rings is 9. The van der Waals surface area contributed by atoms with Gasteiger partial charge >= 0.3 is 0 Å². The van der Waals surface area contributed by atoms with Gasteiger partial charge in [0, 0.05) is 51.0 Å². The first-order chi connectivity index (χ1) is 36.5. The molecule has 11 aromatic rings. The molecule has 4 unspecified atom stereocenters. The molecule has 3 aliphatic carbocycles. The number of anilines is 2. The molecule has 4 aliphatic rings. The second-order valence-corrected chi connectivity index (χ2v) is 23.5. The van der Waals surface area contributed by atoms with Gasteiger partial charge < -0.3 is 9.47 Å². The second-order valence-electron chi connectivity index (χ2n) is 23.5. The summed E-state index contributed by atoms with van der Waals surface area (Å²) in [5.74, 6) is 1.76. The Morgan fingerprint density at radius 3 is 1.39 bits per heavy atom. The van der Waals surface area contributed by atoms with Crippen molar-refractivity contribution < 1.29 is 0 Å². The van der Waals surface area contributed by atoms with Crippen molar-refractivity contribution >= 4 is 33.4 Å². The van der Waals surface area contributed by atoms with E-state index in [0.29, 0.717) is 11.8 Å². The fraction of sp³-hybridized carbons (Fsp3) is 0.183. The molecular weight excluding hydrogens is 909 g/mol. The normalized spacial score (nSPS) is 19.9. The second kappa shape index (κ2) is 15.8. The minimum atomic E-state index is -0.155. The standard InChI is InChI=1S/C71H58N4/c1-69(2)56-28-18-16-26-50(56)64-65(69)54-40-45(30-34-58(54)70(64,3)4)46-31-35-61-52(38-46)53-39-47(32-36-62(53)74(61)49-24-14-9-15-25-49)48-33-37-63-55(41-48)66-67(51-27-17-19-29-57(51)71(66,5)6)75(63)68-72-59(43-20-10-7-11-21-43)42-60(73-68)44-22-12-8-13-23-44/h7-42,64-67H,1-6H3. The lowest BCUT2D eigenvalue weighted by Gasteiger charge is -2.31. The van der Waals surface area contributed by atoms with E-state index in [9.17, 15) is 0 Å². The molecular formula is C71H58N4. The molecule has 3 heterocycles. The van der Waals surface area contributed by atoms with Gasteiger partial charge in [-0.25, -0.2) is 9.97 Å². The Morgan fingerprint density at radius 1 is 0.347 bits per heavy atom. The van der Waals surface area contributed by atoms with Gasteiger partial charge in [-0.05, 0) is 132 Å². The molecule has 362 valence electrons. The zero-order chi connectivity index (χ0) is 50.5. The highest BCUT2D eigenvalue weighted by Crippen LogP contribution is 2.68. The summed E-state index contributed by atoms with van der Waals surface area (Å²) in [6.07, 6.45) is 0. The molecule has 0 radical (unpaired) electrons. The lowest BCUT2D eigenvalue weighted by atomic mass is 9.72. The Kier molecular flexibility index (Phi) is 9.33. The molecule has 2 aromatic heterocycles. The zero-order valence-electron chi connectivity index (χ0n) is 43.4. The summed E-state index contributed by atoms with van der Waals surface area (Å²) in [6, 6.07) is 81.3. The molecule has 1 aliphatic heterocycles. The number of para-hydroxylation sites is 1. The Labute approximate surface area is 440 Å². The van der Waals surface area contributed by atoms with E-state index in [0.717, 1.165) is 34.2 Å². The summed E-state index contributed by atoms with van der Waals surface area (Å²) in [7, 11) is 0. The quantitative estimate of drug-likeness (QED) is 0.167. The molecule has 75 heavy (non-hydrogen) atoms. The van der Waals surface area contributed by atoms with Gasteiger partial charge in [0.15, 0.2) is 0 Å². The van der Waals surface area contributed by atoms with Gasteiger partial charge in [0.05, 0.1) is 28.5 Å². The predicted molar refractivity (Wildman–Crippen MR) is 310 cm³/mol. The van der Waals surface area contributed by atoms with Crippen molar-refractivity contribution in [3.63, 3.8) is 0 Å². The summed E-state index contributed by atoms with van der Waals surface area (Å²) in [5, 5.41) is 2.50. The third-order valence-electron chi connectivity index (χ3n) is 18.4. The van der Waals surface area contributed by atoms with Crippen LogP contribution in [0.5, 0.6) is 0 Å². The maximum Gasteiger partial charge on any atom is 0.231 e. The highest BCUT2D eigenvalue weighted by molar-refractivity contribution is 6.11. The van der Waals surface area contributed by atoms with E-state index >= 15 is 0 Å². The average Bonchev–Trinajstić information content (AvgIpc) is 4.33. The zero-order valence-corrected chi connectivity index (χ0v) is 43.4. The third kappa shape index (κ3) is 6.29. The molecule has 4 atom stereocenters. The molecule has 0 fully saturated rings. The first kappa shape index (κ1) is 44.2. The molecule has 4 nitrogen and oxygen atoms in total. The van der Waals surface area contributed by atoms with Gasteiger partial charge in [0.1, 0.15) is 0 Å². The first-order valence-electron chi connectivity index (χ1n) is 26.9. The Morgan fingerprint density at radius 2 is 0.787 bits per heavy atom. The largest absolute Gasteiger partial charge is 0.309 e. The number of aromatic nitrogens is 3. The van der Waals surface area contributed by atoms with Gasteiger partial charge in [-0.3, -0.25) is 0 Å². The monoisotopic (exact) mass is 966 g/mol. The van der Waals surface area contributed by atoms with Gasteiger partial charge in [-0.2, -0.15) is 0 Å². The minimum Gasteiger partial charge on any atom is -0.309 e. The van der Waals surface area contributed by atoms with E-state index < -0.39 is 0 Å². The Hall–Kier alpha value is -8.34. The lowest BCUT2D eigenvalue weighted by Crippen LogP contribution is -2.26. The van der Waals surface area contributed by atoms with Crippen molar-refractivity contribution in [2.75, 3.05) is 4.90 Å². The molecule has 0 amide bonds. The van der Waals surface area contributed by atoms with Gasteiger partial charge in [-0.1, -0.05) is 205 Å². The number of fused-ring (bicyclic) bond motifs is 13. The van der Waals surface area contributed by atoms with Crippen molar-refractivity contribution in [2.45, 2.75) is 81.6 Å². The summed E-state index contributed by atoms with van der Waals surface area (Å²) in [4.78, 5) is 13.4. The molecule has 0 bridgehead atoms. The maximum absolute atomic E-state index is 5.46. The van der Waals surface area contributed by atoms with Crippen LogP contribution in [0.2, 0.25) is 0 Å². The van der Waals surface area contributed by atoms with E-state index in [2.05, 4.69) is 269 Å². The van der Waals surface area contributed by atoms with E-state index in [1.165, 1.54) is 88.7 Å². The Bertz CT molecular complexity index is 4070. The van der Waals surface area contributed by atoms with E-state index in [1.807, 2.05) is 0 Å². The van der Waals surface area contributed by atoms with Crippen molar-refractivity contribution in [2.24, 2.45) is 0 Å². The van der Waals surface area contributed by atoms with Crippen LogP contribution >= 0.6 is 0 Å². The highest BCUT2D eigenvalue weighted by atomic mass is 15.3. The highest BCUT2D eigenvalue weighted by Gasteiger charge is 2.58. The van der Waals surface area contributed by atoms with Crippen LogP contribution in [0, 0.1) is 0 Å². The van der Waals surface area contributed by atoms with Crippen LogP contribution in [0.15, 0.2) is 218 Å². The van der Waals surface area contributed by atoms with Gasteiger partial charge in [0.25, 0.3) is 0 Å². The molecule has 0 spiro atoms. The van der Waals surface area contributed by atoms with Gasteiger partial charge in [-0.15, -0.1) is 0 Å². The van der Waals surface area contributed by atoms with Crippen LogP contribution in [-0.2, 0) is 16.2 Å². The fourth-order valence-corrected chi connectivity index (χ4v) is 15.1. The van der Waals surface area contributed by atoms with Crippen LogP contribution < -0.4 is 4.90 Å². The average molecular weight is 967 g/mol. The van der Waals surface area contributed by atoms with E-state index in [1.54, 1.807) is 0 Å². The number of hydrogen-bond donors (Lipinski definition) is 0. The Balaban J connectivity index is 0.887. The van der Waals surface area contributed by atoms with E-state index in [4.69, 9.17) is 9.97 Å². The van der Waals surface area contributed by atoms with Gasteiger partial charge in [0.2, 0.25) is 5.95 Å². The number of rotatable bonds is 6. The van der Waals surface area contributed by atoms with Crippen molar-refractivity contribution in [1.82, 2.24) is 14.5 Å². The molecule has 0 N–H and O–H groups in total. The fourth-order valence-electron chi connectivity index (χ4n) is 15.1. The first-order valence-corrected chi connectivity index (χ1v) is 26.9. The molecule has 0 saturated carbocycles. The number of hydrogen-bond acceptors (Lipinski definition) is 3. The lowest BCUT2D eigenvalue weighted by molar-refractivity contribution is 0.349. The summed E-state index contributed by atoms with van der Waals surface area (Å²) in [6.45, 7) is 14.8. The van der Waals surface area contributed by atoms with Crippen molar-refractivity contribution in [3.05, 3.63) is 257 Å². The van der Waals surface area contributed by atoms with Crippen LogP contribution in [0.1, 0.15) is 104 Å². The van der Waals surface area contributed by atoms with Crippen LogP contribution in [0.3, 0.4) is 0 Å². The molecule has 0 saturated heterocycles. The molecule has 9 aromatic carbocycles. The summed E-state index contributed by atoms with van der Waals surface area (Å²) in [5.41, 5.74) is 23.7. The molecule has 15 rings (SSSR count). The van der Waals surface area contributed by atoms with Crippen LogP contribution in [-0.4, -0.2) is 14.5 Å². The molecule has 4 heteroatoms. The maximum atomic E-state index is 5.46. The SMILES string of the molecule is CC1(C)c2ccccc2C2C1c1cc(-c3ccc4c(c3)c3cc(-c5ccc6c(c5)C5C(c7ccccc7C5(C)C)C6(C)C)ccc3n4-c3ccccc3)ccc1N2c1nc(-c2ccccc2)cc(-c2ccccc2)n1.